The molecule has 7 heteroatoms. The van der Waals surface area contributed by atoms with Crippen LogP contribution < -0.4 is 5.32 Å². The van der Waals surface area contributed by atoms with Crippen LogP contribution in [-0.4, -0.2) is 25.0 Å². The van der Waals surface area contributed by atoms with Gasteiger partial charge in [0, 0.05) is 12.1 Å². The van der Waals surface area contributed by atoms with E-state index in [1.807, 2.05) is 6.92 Å². The summed E-state index contributed by atoms with van der Waals surface area (Å²) in [6.45, 7) is 2.26. The van der Waals surface area contributed by atoms with Gasteiger partial charge in [-0.15, -0.1) is 0 Å². The van der Waals surface area contributed by atoms with E-state index in [9.17, 15) is 22.8 Å². The Kier molecular flexibility index (Phi) is 6.20. The van der Waals surface area contributed by atoms with Crippen LogP contribution in [0.4, 0.5) is 13.2 Å². The molecule has 0 aliphatic heterocycles. The Labute approximate surface area is 120 Å². The highest BCUT2D eigenvalue weighted by atomic mass is 19.4. The molecule has 0 bridgehead atoms. The maximum Gasteiger partial charge on any atom is 0.416 e. The molecule has 0 saturated heterocycles. The summed E-state index contributed by atoms with van der Waals surface area (Å²) in [6, 6.07) is 3.86. The molecule has 4 nitrogen and oxygen atoms in total. The third-order valence-electron chi connectivity index (χ3n) is 2.56. The molecular formula is C14H16F3NO3. The molecule has 1 amide bonds. The van der Waals surface area contributed by atoms with Gasteiger partial charge in [0.2, 0.25) is 0 Å². The summed E-state index contributed by atoms with van der Waals surface area (Å²) in [5.41, 5.74) is -0.716. The Morgan fingerprint density at radius 1 is 1.19 bits per heavy atom. The lowest BCUT2D eigenvalue weighted by atomic mass is 10.1. The average molecular weight is 303 g/mol. The average Bonchev–Trinajstić information content (AvgIpc) is 2.44. The maximum atomic E-state index is 12.4. The molecule has 21 heavy (non-hydrogen) atoms. The predicted octanol–water partition coefficient (Wildman–Crippen LogP) is 2.78. The van der Waals surface area contributed by atoms with Crippen LogP contribution in [0.25, 0.3) is 0 Å². The molecule has 0 fully saturated rings. The molecule has 1 aromatic rings. The summed E-state index contributed by atoms with van der Waals surface area (Å²) in [7, 11) is 0. The zero-order chi connectivity index (χ0) is 15.9. The van der Waals surface area contributed by atoms with Crippen molar-refractivity contribution < 1.29 is 27.5 Å². The van der Waals surface area contributed by atoms with E-state index in [1.165, 1.54) is 0 Å². The molecule has 0 aliphatic carbocycles. The van der Waals surface area contributed by atoms with Crippen LogP contribution in [0, 0.1) is 0 Å². The van der Waals surface area contributed by atoms with Crippen LogP contribution in [-0.2, 0) is 15.7 Å². The Morgan fingerprint density at radius 3 is 2.33 bits per heavy atom. The van der Waals surface area contributed by atoms with Crippen LogP contribution in [0.2, 0.25) is 0 Å². The molecule has 0 saturated carbocycles. The van der Waals surface area contributed by atoms with Crippen LogP contribution in [0.1, 0.15) is 35.7 Å². The number of alkyl halides is 3. The van der Waals surface area contributed by atoms with E-state index in [2.05, 4.69) is 5.32 Å². The van der Waals surface area contributed by atoms with Gasteiger partial charge in [0.05, 0.1) is 18.6 Å². The third kappa shape index (κ3) is 5.85. The number of esters is 1. The van der Waals surface area contributed by atoms with Crippen molar-refractivity contribution in [1.29, 1.82) is 0 Å². The second-order valence-corrected chi connectivity index (χ2v) is 4.30. The Bertz CT molecular complexity index is 483. The van der Waals surface area contributed by atoms with Gasteiger partial charge in [-0.25, -0.2) is 0 Å². The van der Waals surface area contributed by atoms with E-state index >= 15 is 0 Å². The summed E-state index contributed by atoms with van der Waals surface area (Å²) in [5.74, 6) is -0.961. The summed E-state index contributed by atoms with van der Waals surface area (Å²) in [4.78, 5) is 22.8. The standard InChI is InChI=1S/C14H16F3NO3/c1-2-9-21-12(19)7-8-18-13(20)10-3-5-11(6-4-10)14(15,16)17/h3-6H,2,7-9H2,1H3,(H,18,20). The number of ether oxygens (including phenoxy) is 1. The number of carbonyl (C=O) groups excluding carboxylic acids is 2. The van der Waals surface area contributed by atoms with Crippen molar-refractivity contribution in [2.75, 3.05) is 13.2 Å². The van der Waals surface area contributed by atoms with Crippen molar-refractivity contribution in [3.63, 3.8) is 0 Å². The largest absolute Gasteiger partial charge is 0.466 e. The molecule has 0 aromatic heterocycles. The first-order chi connectivity index (χ1) is 9.84. The number of hydrogen-bond donors (Lipinski definition) is 1. The number of hydrogen-bond acceptors (Lipinski definition) is 3. The Hall–Kier alpha value is -2.05. The highest BCUT2D eigenvalue weighted by Crippen LogP contribution is 2.28. The number of rotatable bonds is 6. The quantitative estimate of drug-likeness (QED) is 0.822. The minimum Gasteiger partial charge on any atom is -0.466 e. The van der Waals surface area contributed by atoms with E-state index in [1.54, 1.807) is 0 Å². The van der Waals surface area contributed by atoms with Crippen LogP contribution >= 0.6 is 0 Å². The molecule has 0 aliphatic rings. The smallest absolute Gasteiger partial charge is 0.416 e. The van der Waals surface area contributed by atoms with Crippen LogP contribution in [0.3, 0.4) is 0 Å². The number of carbonyl (C=O) groups is 2. The van der Waals surface area contributed by atoms with Gasteiger partial charge in [-0.3, -0.25) is 9.59 Å². The first kappa shape index (κ1) is 17.0. The normalized spacial score (nSPS) is 11.0. The van der Waals surface area contributed by atoms with Crippen molar-refractivity contribution in [3.05, 3.63) is 35.4 Å². The van der Waals surface area contributed by atoms with Gasteiger partial charge >= 0.3 is 12.1 Å². The summed E-state index contributed by atoms with van der Waals surface area (Å²) >= 11 is 0. The highest BCUT2D eigenvalue weighted by Gasteiger charge is 2.30. The molecular weight excluding hydrogens is 287 g/mol. The fourth-order valence-corrected chi connectivity index (χ4v) is 1.48. The molecule has 0 radical (unpaired) electrons. The number of nitrogens with one attached hydrogen (secondary N) is 1. The molecule has 116 valence electrons. The lowest BCUT2D eigenvalue weighted by Crippen LogP contribution is -2.26. The Morgan fingerprint density at radius 2 is 1.81 bits per heavy atom. The minimum atomic E-state index is -4.43. The number of halogens is 3. The lowest BCUT2D eigenvalue weighted by Gasteiger charge is -2.08. The van der Waals surface area contributed by atoms with Gasteiger partial charge in [0.15, 0.2) is 0 Å². The van der Waals surface area contributed by atoms with E-state index in [0.29, 0.717) is 13.0 Å². The first-order valence-corrected chi connectivity index (χ1v) is 6.45. The molecule has 1 aromatic carbocycles. The molecule has 0 unspecified atom stereocenters. The molecule has 1 rings (SSSR count). The van der Waals surface area contributed by atoms with Crippen molar-refractivity contribution in [2.45, 2.75) is 25.9 Å². The lowest BCUT2D eigenvalue weighted by molar-refractivity contribution is -0.143. The monoisotopic (exact) mass is 303 g/mol. The van der Waals surface area contributed by atoms with Gasteiger partial charge in [-0.05, 0) is 30.7 Å². The highest BCUT2D eigenvalue weighted by molar-refractivity contribution is 5.94. The minimum absolute atomic E-state index is 0.0202. The second kappa shape index (κ2) is 7.66. The molecule has 0 atom stereocenters. The fraction of sp³-hybridized carbons (Fsp3) is 0.429. The van der Waals surface area contributed by atoms with Gasteiger partial charge in [0.1, 0.15) is 0 Å². The van der Waals surface area contributed by atoms with Crippen molar-refractivity contribution in [2.24, 2.45) is 0 Å². The van der Waals surface area contributed by atoms with Crippen molar-refractivity contribution in [1.82, 2.24) is 5.32 Å². The zero-order valence-corrected chi connectivity index (χ0v) is 11.5. The topological polar surface area (TPSA) is 55.4 Å². The van der Waals surface area contributed by atoms with Gasteiger partial charge in [-0.1, -0.05) is 6.92 Å². The van der Waals surface area contributed by atoms with Gasteiger partial charge in [0.25, 0.3) is 5.91 Å². The van der Waals surface area contributed by atoms with Crippen molar-refractivity contribution in [3.8, 4) is 0 Å². The molecule has 0 heterocycles. The SMILES string of the molecule is CCCOC(=O)CCNC(=O)c1ccc(C(F)(F)F)cc1. The maximum absolute atomic E-state index is 12.4. The third-order valence-corrected chi connectivity index (χ3v) is 2.56. The van der Waals surface area contributed by atoms with Crippen molar-refractivity contribution >= 4 is 11.9 Å². The molecule has 1 N–H and O–H groups in total. The van der Waals surface area contributed by atoms with E-state index < -0.39 is 23.6 Å². The van der Waals surface area contributed by atoms with Crippen LogP contribution in [0.5, 0.6) is 0 Å². The molecule has 0 spiro atoms. The fourth-order valence-electron chi connectivity index (χ4n) is 1.48. The van der Waals surface area contributed by atoms with Crippen LogP contribution in [0.15, 0.2) is 24.3 Å². The number of benzene rings is 1. The van der Waals surface area contributed by atoms with E-state index in [4.69, 9.17) is 4.74 Å². The van der Waals surface area contributed by atoms with Gasteiger partial charge < -0.3 is 10.1 Å². The van der Waals surface area contributed by atoms with E-state index in [0.717, 1.165) is 24.3 Å². The summed E-state index contributed by atoms with van der Waals surface area (Å²) in [5, 5.41) is 2.44. The van der Waals surface area contributed by atoms with E-state index in [-0.39, 0.29) is 18.5 Å². The summed E-state index contributed by atoms with van der Waals surface area (Å²) in [6.07, 6.45) is -3.70. The van der Waals surface area contributed by atoms with Gasteiger partial charge in [-0.2, -0.15) is 13.2 Å². The summed E-state index contributed by atoms with van der Waals surface area (Å²) < 4.78 is 41.9. The number of amides is 1. The first-order valence-electron chi connectivity index (χ1n) is 6.45. The second-order valence-electron chi connectivity index (χ2n) is 4.30. The zero-order valence-electron chi connectivity index (χ0n) is 11.5. The predicted molar refractivity (Wildman–Crippen MR) is 69.6 cm³/mol. The Balaban J connectivity index is 2.44.